The van der Waals surface area contributed by atoms with Gasteiger partial charge in [0.15, 0.2) is 0 Å². The van der Waals surface area contributed by atoms with Gasteiger partial charge in [-0.1, -0.05) is 24.3 Å². The fourth-order valence-corrected chi connectivity index (χ4v) is 6.13. The van der Waals surface area contributed by atoms with E-state index in [-0.39, 0.29) is 18.0 Å². The topological polar surface area (TPSA) is 90.7 Å². The van der Waals surface area contributed by atoms with Crippen LogP contribution in [-0.2, 0) is 17.9 Å². The van der Waals surface area contributed by atoms with Crippen molar-refractivity contribution in [1.82, 2.24) is 15.1 Å². The van der Waals surface area contributed by atoms with Crippen LogP contribution in [0.25, 0.3) is 0 Å². The number of anilines is 1. The van der Waals surface area contributed by atoms with Crippen molar-refractivity contribution in [3.8, 4) is 0 Å². The molecule has 9 heteroatoms. The first-order valence-electron chi connectivity index (χ1n) is 12.0. The number of aryl methyl sites for hydroxylation is 1. The van der Waals surface area contributed by atoms with E-state index in [0.717, 1.165) is 19.5 Å². The summed E-state index contributed by atoms with van der Waals surface area (Å²) in [5.74, 6) is -0.147. The minimum atomic E-state index is -0.556. The summed E-state index contributed by atoms with van der Waals surface area (Å²) in [4.78, 5) is 34.4. The molecular formula is C26H33N5O2S2. The van der Waals surface area contributed by atoms with E-state index in [1.807, 2.05) is 41.7 Å². The van der Waals surface area contributed by atoms with E-state index in [1.54, 1.807) is 16.2 Å². The van der Waals surface area contributed by atoms with Gasteiger partial charge < -0.3 is 21.3 Å². The van der Waals surface area contributed by atoms with E-state index in [4.69, 9.17) is 5.73 Å². The molecule has 3 heterocycles. The summed E-state index contributed by atoms with van der Waals surface area (Å²) in [6.07, 6.45) is 1.38. The van der Waals surface area contributed by atoms with Crippen molar-refractivity contribution >= 4 is 40.3 Å². The van der Waals surface area contributed by atoms with Crippen molar-refractivity contribution in [1.29, 1.82) is 0 Å². The van der Waals surface area contributed by atoms with Crippen LogP contribution in [0.5, 0.6) is 0 Å². The number of rotatable bonds is 9. The number of carbonyl (C=O) groups is 2. The van der Waals surface area contributed by atoms with Gasteiger partial charge >= 0.3 is 6.03 Å². The highest BCUT2D eigenvalue weighted by Gasteiger charge is 2.38. The minimum absolute atomic E-state index is 0.147. The van der Waals surface area contributed by atoms with Gasteiger partial charge in [-0.2, -0.15) is 0 Å². The van der Waals surface area contributed by atoms with Gasteiger partial charge in [-0.15, -0.1) is 22.7 Å². The van der Waals surface area contributed by atoms with E-state index in [0.29, 0.717) is 31.7 Å². The second kappa shape index (κ2) is 12.3. The molecule has 1 saturated heterocycles. The Hall–Kier alpha value is -2.72. The molecule has 1 aromatic carbocycles. The maximum atomic E-state index is 13.2. The molecule has 1 unspecified atom stereocenters. The standard InChI is InChI=1S/C26H33N5O2S2/c1-19-9-10-23(35-19)18-30(17-22-8-5-15-34-22)21-11-14-31(24(16-21)25(32)28-13-12-27)26(33)29-20-6-3-2-4-7-20/h2-10,15,21,24H,11-14,16-18,27H2,1H3,(H,28,32)(H,29,33)/t21?,24-/m1/s1. The highest BCUT2D eigenvalue weighted by Crippen LogP contribution is 2.28. The van der Waals surface area contributed by atoms with Crippen LogP contribution in [0.4, 0.5) is 10.5 Å². The number of hydrogen-bond donors (Lipinski definition) is 3. The molecule has 3 amide bonds. The molecule has 2 aromatic heterocycles. The summed E-state index contributed by atoms with van der Waals surface area (Å²) in [5, 5.41) is 7.96. The first kappa shape index (κ1) is 25.4. The monoisotopic (exact) mass is 511 g/mol. The maximum Gasteiger partial charge on any atom is 0.322 e. The second-order valence-electron chi connectivity index (χ2n) is 8.76. The molecule has 0 bridgehead atoms. The third kappa shape index (κ3) is 6.91. The number of piperidine rings is 1. The van der Waals surface area contributed by atoms with E-state index in [9.17, 15) is 9.59 Å². The zero-order valence-corrected chi connectivity index (χ0v) is 21.6. The van der Waals surface area contributed by atoms with Gasteiger partial charge in [0, 0.05) is 59.1 Å². The Kier molecular flexibility index (Phi) is 8.92. The van der Waals surface area contributed by atoms with Crippen LogP contribution in [-0.4, -0.2) is 53.5 Å². The van der Waals surface area contributed by atoms with Crippen molar-refractivity contribution in [2.45, 2.75) is 44.9 Å². The van der Waals surface area contributed by atoms with Crippen molar-refractivity contribution in [2.24, 2.45) is 5.73 Å². The molecule has 0 radical (unpaired) electrons. The van der Waals surface area contributed by atoms with Crippen molar-refractivity contribution in [3.63, 3.8) is 0 Å². The number of nitrogens with one attached hydrogen (secondary N) is 2. The second-order valence-corrected chi connectivity index (χ2v) is 11.2. The lowest BCUT2D eigenvalue weighted by atomic mass is 9.95. The molecule has 35 heavy (non-hydrogen) atoms. The van der Waals surface area contributed by atoms with E-state index >= 15 is 0 Å². The fourth-order valence-electron chi connectivity index (χ4n) is 4.49. The summed E-state index contributed by atoms with van der Waals surface area (Å²) in [6, 6.07) is 17.3. The first-order chi connectivity index (χ1) is 17.0. The maximum absolute atomic E-state index is 13.2. The quantitative estimate of drug-likeness (QED) is 0.400. The Labute approximate surface area is 214 Å². The normalized spacial score (nSPS) is 18.0. The Balaban J connectivity index is 1.53. The van der Waals surface area contributed by atoms with Gasteiger partial charge in [-0.25, -0.2) is 4.79 Å². The van der Waals surface area contributed by atoms with Crippen LogP contribution < -0.4 is 16.4 Å². The van der Waals surface area contributed by atoms with Crippen LogP contribution >= 0.6 is 22.7 Å². The molecule has 1 fully saturated rings. The molecular weight excluding hydrogens is 478 g/mol. The molecule has 4 rings (SSSR count). The molecule has 0 spiro atoms. The minimum Gasteiger partial charge on any atom is -0.353 e. The molecule has 2 atom stereocenters. The van der Waals surface area contributed by atoms with E-state index in [1.165, 1.54) is 14.6 Å². The average Bonchev–Trinajstić information content (AvgIpc) is 3.54. The van der Waals surface area contributed by atoms with Crippen LogP contribution in [0.2, 0.25) is 0 Å². The number of urea groups is 1. The molecule has 1 aliphatic heterocycles. The predicted molar refractivity (Wildman–Crippen MR) is 144 cm³/mol. The SMILES string of the molecule is Cc1ccc(CN(Cc2cccs2)C2CCN(C(=O)Nc3ccccc3)[C@@H](C(=O)NCCN)C2)s1. The molecule has 1 aliphatic rings. The van der Waals surface area contributed by atoms with Gasteiger partial charge in [0.05, 0.1) is 0 Å². The number of hydrogen-bond acceptors (Lipinski definition) is 6. The number of benzene rings is 1. The number of thiophene rings is 2. The lowest BCUT2D eigenvalue weighted by molar-refractivity contribution is -0.127. The Morgan fingerprint density at radius 1 is 1.09 bits per heavy atom. The average molecular weight is 512 g/mol. The summed E-state index contributed by atoms with van der Waals surface area (Å²) in [7, 11) is 0. The van der Waals surface area contributed by atoms with Crippen molar-refractivity contribution < 1.29 is 9.59 Å². The predicted octanol–water partition coefficient (Wildman–Crippen LogP) is 4.26. The summed E-state index contributed by atoms with van der Waals surface area (Å²) in [6.45, 7) is 5.04. The Morgan fingerprint density at radius 2 is 1.89 bits per heavy atom. The highest BCUT2D eigenvalue weighted by molar-refractivity contribution is 7.11. The largest absolute Gasteiger partial charge is 0.353 e. The molecule has 0 saturated carbocycles. The lowest BCUT2D eigenvalue weighted by Crippen LogP contribution is -2.58. The first-order valence-corrected chi connectivity index (χ1v) is 13.7. The summed E-state index contributed by atoms with van der Waals surface area (Å²) < 4.78 is 0. The van der Waals surface area contributed by atoms with Crippen molar-refractivity contribution in [2.75, 3.05) is 25.0 Å². The zero-order valence-electron chi connectivity index (χ0n) is 20.0. The number of para-hydroxylation sites is 1. The van der Waals surface area contributed by atoms with Crippen LogP contribution in [0.1, 0.15) is 27.5 Å². The van der Waals surface area contributed by atoms with E-state index < -0.39 is 6.04 Å². The number of nitrogens with zero attached hydrogens (tertiary/aromatic N) is 2. The Bertz CT molecular complexity index is 1090. The molecule has 186 valence electrons. The molecule has 4 N–H and O–H groups in total. The van der Waals surface area contributed by atoms with Crippen LogP contribution in [0, 0.1) is 6.92 Å². The molecule has 0 aliphatic carbocycles. The van der Waals surface area contributed by atoms with Gasteiger partial charge in [0.1, 0.15) is 6.04 Å². The number of nitrogens with two attached hydrogens (primary N) is 1. The number of carbonyl (C=O) groups excluding carboxylic acids is 2. The smallest absolute Gasteiger partial charge is 0.322 e. The van der Waals surface area contributed by atoms with Crippen molar-refractivity contribution in [3.05, 3.63) is 74.6 Å². The molecule has 7 nitrogen and oxygen atoms in total. The van der Waals surface area contributed by atoms with Gasteiger partial charge in [0.2, 0.25) is 5.91 Å². The number of likely N-dealkylation sites (tertiary alicyclic amines) is 1. The summed E-state index contributed by atoms with van der Waals surface area (Å²) in [5.41, 5.74) is 6.34. The summed E-state index contributed by atoms with van der Waals surface area (Å²) >= 11 is 3.56. The number of amides is 3. The highest BCUT2D eigenvalue weighted by atomic mass is 32.1. The van der Waals surface area contributed by atoms with Crippen LogP contribution in [0.3, 0.4) is 0 Å². The zero-order chi connectivity index (χ0) is 24.6. The third-order valence-electron chi connectivity index (χ3n) is 6.22. The van der Waals surface area contributed by atoms with Crippen LogP contribution in [0.15, 0.2) is 60.0 Å². The third-order valence-corrected chi connectivity index (χ3v) is 8.06. The Morgan fingerprint density at radius 3 is 2.57 bits per heavy atom. The fraction of sp³-hybridized carbons (Fsp3) is 0.385. The van der Waals surface area contributed by atoms with E-state index in [2.05, 4.69) is 52.1 Å². The van der Waals surface area contributed by atoms with Gasteiger partial charge in [-0.3, -0.25) is 9.69 Å². The van der Waals surface area contributed by atoms with Gasteiger partial charge in [0.25, 0.3) is 0 Å². The van der Waals surface area contributed by atoms with Gasteiger partial charge in [-0.05, 0) is 55.5 Å². The molecule has 3 aromatic rings. The lowest BCUT2D eigenvalue weighted by Gasteiger charge is -2.42.